The van der Waals surface area contributed by atoms with Crippen LogP contribution in [0, 0.1) is 0 Å². The van der Waals surface area contributed by atoms with Crippen molar-refractivity contribution in [2.45, 2.75) is 24.9 Å². The Labute approximate surface area is 120 Å². The van der Waals surface area contributed by atoms with E-state index in [-0.39, 0.29) is 31.0 Å². The van der Waals surface area contributed by atoms with Crippen LogP contribution in [0.15, 0.2) is 17.5 Å². The maximum absolute atomic E-state index is 12.0. The summed E-state index contributed by atoms with van der Waals surface area (Å²) in [6, 6.07) is 3.81. The van der Waals surface area contributed by atoms with Gasteiger partial charge < -0.3 is 19.4 Å². The molecule has 1 aromatic heterocycles. The van der Waals surface area contributed by atoms with E-state index in [4.69, 9.17) is 14.0 Å². The first kappa shape index (κ1) is 13.6. The molecule has 0 aliphatic carbocycles. The molecule has 1 amide bonds. The van der Waals surface area contributed by atoms with E-state index < -0.39 is 13.1 Å². The zero-order valence-electron chi connectivity index (χ0n) is 10.7. The molecule has 0 saturated carbocycles. The first-order chi connectivity index (χ1) is 9.70. The van der Waals surface area contributed by atoms with Gasteiger partial charge in [0.2, 0.25) is 5.91 Å². The molecule has 8 heteroatoms. The van der Waals surface area contributed by atoms with Gasteiger partial charge in [-0.1, -0.05) is 6.07 Å². The lowest BCUT2D eigenvalue weighted by Crippen LogP contribution is -2.54. The molecule has 2 saturated heterocycles. The molecule has 1 N–H and O–H groups in total. The van der Waals surface area contributed by atoms with Crippen LogP contribution < -0.4 is 5.32 Å². The summed E-state index contributed by atoms with van der Waals surface area (Å²) in [5.74, 6) is -0.907. The summed E-state index contributed by atoms with van der Waals surface area (Å²) in [7, 11) is -0.754. The minimum absolute atomic E-state index is 0.135. The van der Waals surface area contributed by atoms with Gasteiger partial charge in [0.1, 0.15) is 5.94 Å². The highest BCUT2D eigenvalue weighted by Crippen LogP contribution is 2.18. The SMILES string of the molecule is O=C(Cc1cccs1)NC1COCC2CC(=O)OB1O2. The third-order valence-electron chi connectivity index (χ3n) is 3.16. The van der Waals surface area contributed by atoms with Crippen LogP contribution >= 0.6 is 11.3 Å². The molecular weight excluding hydrogens is 281 g/mol. The lowest BCUT2D eigenvalue weighted by Gasteiger charge is -2.27. The number of nitrogens with one attached hydrogen (secondary N) is 1. The Balaban J connectivity index is 1.60. The first-order valence-corrected chi connectivity index (χ1v) is 7.33. The molecule has 1 aromatic rings. The third kappa shape index (κ3) is 3.20. The van der Waals surface area contributed by atoms with Crippen LogP contribution in [0.1, 0.15) is 11.3 Å². The molecule has 6 nitrogen and oxygen atoms in total. The van der Waals surface area contributed by atoms with Crippen LogP contribution in [0.3, 0.4) is 0 Å². The molecule has 0 radical (unpaired) electrons. The van der Waals surface area contributed by atoms with Crippen molar-refractivity contribution in [2.75, 3.05) is 13.2 Å². The van der Waals surface area contributed by atoms with Crippen LogP contribution in [0.5, 0.6) is 0 Å². The highest BCUT2D eigenvalue weighted by molar-refractivity contribution is 7.10. The second-order valence-corrected chi connectivity index (χ2v) is 5.82. The van der Waals surface area contributed by atoms with Gasteiger partial charge in [0.05, 0.1) is 32.2 Å². The van der Waals surface area contributed by atoms with Crippen molar-refractivity contribution < 1.29 is 23.6 Å². The Kier molecular flexibility index (Phi) is 4.04. The van der Waals surface area contributed by atoms with Crippen molar-refractivity contribution in [1.82, 2.24) is 5.32 Å². The summed E-state index contributed by atoms with van der Waals surface area (Å²) in [5.41, 5.74) is 0. The molecule has 0 spiro atoms. The minimum Gasteiger partial charge on any atom is -0.508 e. The van der Waals surface area contributed by atoms with Gasteiger partial charge in [-0.15, -0.1) is 11.3 Å². The van der Waals surface area contributed by atoms with Crippen LogP contribution in [-0.2, 0) is 30.1 Å². The third-order valence-corrected chi connectivity index (χ3v) is 4.04. The van der Waals surface area contributed by atoms with E-state index in [9.17, 15) is 9.59 Å². The molecule has 3 heterocycles. The molecule has 106 valence electrons. The fourth-order valence-corrected chi connectivity index (χ4v) is 2.95. The second-order valence-electron chi connectivity index (χ2n) is 4.79. The van der Waals surface area contributed by atoms with Gasteiger partial charge in [-0.3, -0.25) is 9.59 Å². The van der Waals surface area contributed by atoms with Gasteiger partial charge in [0, 0.05) is 4.88 Å². The summed E-state index contributed by atoms with van der Waals surface area (Å²) in [4.78, 5) is 24.4. The summed E-state index contributed by atoms with van der Waals surface area (Å²) < 4.78 is 16.2. The molecule has 2 aliphatic rings. The second kappa shape index (κ2) is 5.95. The van der Waals surface area contributed by atoms with Crippen LogP contribution in [0.25, 0.3) is 0 Å². The number of hydrogen-bond acceptors (Lipinski definition) is 6. The average molecular weight is 295 g/mol. The maximum Gasteiger partial charge on any atom is 0.554 e. The van der Waals surface area contributed by atoms with Gasteiger partial charge in [-0.25, -0.2) is 0 Å². The number of rotatable bonds is 3. The van der Waals surface area contributed by atoms with Crippen LogP contribution in [0.2, 0.25) is 0 Å². The van der Waals surface area contributed by atoms with Gasteiger partial charge >= 0.3 is 7.12 Å². The normalized spacial score (nSPS) is 25.8. The van der Waals surface area contributed by atoms with E-state index in [0.717, 1.165) is 4.88 Å². The smallest absolute Gasteiger partial charge is 0.508 e. The zero-order chi connectivity index (χ0) is 13.9. The number of ether oxygens (including phenoxy) is 1. The van der Waals surface area contributed by atoms with Gasteiger partial charge in [-0.05, 0) is 11.4 Å². The van der Waals surface area contributed by atoms with E-state index in [1.54, 1.807) is 0 Å². The highest BCUT2D eigenvalue weighted by Gasteiger charge is 2.44. The van der Waals surface area contributed by atoms with Gasteiger partial charge in [0.15, 0.2) is 0 Å². The lowest BCUT2D eigenvalue weighted by molar-refractivity contribution is -0.143. The monoisotopic (exact) mass is 295 g/mol. The molecule has 20 heavy (non-hydrogen) atoms. The maximum atomic E-state index is 12.0. The summed E-state index contributed by atoms with van der Waals surface area (Å²) in [5, 5.41) is 4.74. The first-order valence-electron chi connectivity index (χ1n) is 6.45. The number of hydrogen-bond donors (Lipinski definition) is 1. The molecule has 2 aliphatic heterocycles. The van der Waals surface area contributed by atoms with Gasteiger partial charge in [0.25, 0.3) is 5.97 Å². The topological polar surface area (TPSA) is 73.9 Å². The summed E-state index contributed by atoms with van der Waals surface area (Å²) in [6.07, 6.45) is 0.227. The Morgan fingerprint density at radius 2 is 2.40 bits per heavy atom. The van der Waals surface area contributed by atoms with Crippen molar-refractivity contribution in [3.63, 3.8) is 0 Å². The molecule has 2 bridgehead atoms. The average Bonchev–Trinajstić information content (AvgIpc) is 2.85. The standard InChI is InChI=1S/C12H14BNO5S/c15-11(5-9-2-1-3-20-9)14-10-7-17-6-8-4-12(16)19-13(10)18-8/h1-3,8,10H,4-7H2,(H,14,15). The number of carbonyl (C=O) groups is 2. The predicted molar refractivity (Wildman–Crippen MR) is 72.1 cm³/mol. The predicted octanol–water partition coefficient (Wildman–Crippen LogP) is 0.165. The molecular formula is C12H14BNO5S. The van der Waals surface area contributed by atoms with Crippen molar-refractivity contribution in [3.05, 3.63) is 22.4 Å². The van der Waals surface area contributed by atoms with E-state index >= 15 is 0 Å². The van der Waals surface area contributed by atoms with Crippen molar-refractivity contribution in [3.8, 4) is 0 Å². The molecule has 2 unspecified atom stereocenters. The van der Waals surface area contributed by atoms with Crippen LogP contribution in [-0.4, -0.2) is 44.3 Å². The fraction of sp³-hybridized carbons (Fsp3) is 0.500. The van der Waals surface area contributed by atoms with Crippen molar-refractivity contribution >= 4 is 30.3 Å². The number of amides is 1. The number of fused-ring (bicyclic) bond motifs is 2. The van der Waals surface area contributed by atoms with Crippen LogP contribution in [0.4, 0.5) is 0 Å². The highest BCUT2D eigenvalue weighted by atomic mass is 32.1. The quantitative estimate of drug-likeness (QED) is 0.804. The van der Waals surface area contributed by atoms with E-state index in [0.29, 0.717) is 13.0 Å². The number of thiophene rings is 1. The Hall–Kier alpha value is -1.38. The molecule has 2 fully saturated rings. The summed E-state index contributed by atoms with van der Waals surface area (Å²) in [6.45, 7) is 0.632. The molecule has 2 atom stereocenters. The Bertz CT molecular complexity index is 494. The minimum atomic E-state index is -0.754. The van der Waals surface area contributed by atoms with Gasteiger partial charge in [-0.2, -0.15) is 0 Å². The zero-order valence-corrected chi connectivity index (χ0v) is 11.6. The van der Waals surface area contributed by atoms with E-state index in [2.05, 4.69) is 5.32 Å². The Morgan fingerprint density at radius 3 is 3.20 bits per heavy atom. The van der Waals surface area contributed by atoms with E-state index in [1.807, 2.05) is 17.5 Å². The number of carbonyl (C=O) groups excluding carboxylic acids is 2. The van der Waals surface area contributed by atoms with Crippen molar-refractivity contribution in [1.29, 1.82) is 0 Å². The molecule has 3 rings (SSSR count). The largest absolute Gasteiger partial charge is 0.554 e. The van der Waals surface area contributed by atoms with Crippen molar-refractivity contribution in [2.24, 2.45) is 0 Å². The molecule has 0 aromatic carbocycles. The summed E-state index contributed by atoms with van der Waals surface area (Å²) >= 11 is 1.53. The lowest BCUT2D eigenvalue weighted by atomic mass is 9.77. The fourth-order valence-electron chi connectivity index (χ4n) is 2.25. The Morgan fingerprint density at radius 1 is 1.50 bits per heavy atom. The van der Waals surface area contributed by atoms with E-state index in [1.165, 1.54) is 11.3 Å².